The van der Waals surface area contributed by atoms with E-state index in [4.69, 9.17) is 4.98 Å². The quantitative estimate of drug-likeness (QED) is 0.567. The summed E-state index contributed by atoms with van der Waals surface area (Å²) in [6.07, 6.45) is 4.66. The van der Waals surface area contributed by atoms with Gasteiger partial charge in [-0.2, -0.15) is 11.8 Å². The minimum Gasteiger partial charge on any atom is -0.350 e. The van der Waals surface area contributed by atoms with E-state index in [9.17, 15) is 4.79 Å². The molecule has 1 unspecified atom stereocenters. The number of amides is 1. The number of nitrogens with one attached hydrogen (secondary N) is 1. The topological polar surface area (TPSA) is 50.2 Å². The van der Waals surface area contributed by atoms with E-state index in [1.54, 1.807) is 11.8 Å². The molecule has 1 fully saturated rings. The van der Waals surface area contributed by atoms with E-state index in [-0.39, 0.29) is 5.91 Å². The number of likely N-dealkylation sites (tertiary alicyclic amines) is 1. The highest BCUT2D eigenvalue weighted by molar-refractivity contribution is 7.97. The first-order valence-electron chi connectivity index (χ1n) is 11.1. The Morgan fingerprint density at radius 2 is 1.94 bits per heavy atom. The number of benzene rings is 2. The first kappa shape index (κ1) is 21.9. The Kier molecular flexibility index (Phi) is 7.30. The zero-order valence-corrected chi connectivity index (χ0v) is 19.3. The number of piperidine rings is 1. The zero-order chi connectivity index (χ0) is 21.6. The standard InChI is InChI=1S/C25H32N4OS/c1-19-8-7-13-28(15-19)16-21-10-4-3-9-20(21)14-26-25(30)17-29-23-12-6-5-11-22(23)27-24(29)18-31-2/h3-6,9-12,19H,7-8,13-18H2,1-2H3,(H,26,30). The fourth-order valence-corrected chi connectivity index (χ4v) is 4.97. The molecule has 0 aliphatic carbocycles. The predicted octanol–water partition coefficient (Wildman–Crippen LogP) is 4.45. The van der Waals surface area contributed by atoms with Gasteiger partial charge in [-0.3, -0.25) is 9.69 Å². The van der Waals surface area contributed by atoms with Crippen molar-refractivity contribution in [1.29, 1.82) is 0 Å². The molecule has 0 bridgehead atoms. The van der Waals surface area contributed by atoms with Crippen molar-refractivity contribution >= 4 is 28.7 Å². The average Bonchev–Trinajstić information content (AvgIpc) is 3.10. The van der Waals surface area contributed by atoms with Crippen LogP contribution in [0, 0.1) is 5.92 Å². The third-order valence-electron chi connectivity index (χ3n) is 6.04. The van der Waals surface area contributed by atoms with Gasteiger partial charge in [0, 0.05) is 19.6 Å². The van der Waals surface area contributed by atoms with E-state index >= 15 is 0 Å². The molecule has 1 aromatic heterocycles. The van der Waals surface area contributed by atoms with Gasteiger partial charge in [0.2, 0.25) is 5.91 Å². The highest BCUT2D eigenvalue weighted by atomic mass is 32.2. The number of hydrogen-bond acceptors (Lipinski definition) is 4. The van der Waals surface area contributed by atoms with Crippen LogP contribution in [0.5, 0.6) is 0 Å². The molecule has 0 spiro atoms. The van der Waals surface area contributed by atoms with Gasteiger partial charge in [-0.1, -0.05) is 43.3 Å². The van der Waals surface area contributed by atoms with Gasteiger partial charge in [-0.05, 0) is 54.8 Å². The van der Waals surface area contributed by atoms with Gasteiger partial charge in [0.15, 0.2) is 0 Å². The fraction of sp³-hybridized carbons (Fsp3) is 0.440. The maximum atomic E-state index is 12.9. The van der Waals surface area contributed by atoms with Crippen LogP contribution in [0.25, 0.3) is 11.0 Å². The molecule has 164 valence electrons. The summed E-state index contributed by atoms with van der Waals surface area (Å²) < 4.78 is 2.04. The summed E-state index contributed by atoms with van der Waals surface area (Å²) in [6.45, 7) is 6.47. The Balaban J connectivity index is 1.42. The second kappa shape index (κ2) is 10.3. The molecular weight excluding hydrogens is 404 g/mol. The van der Waals surface area contributed by atoms with Crippen molar-refractivity contribution in [3.05, 3.63) is 65.5 Å². The van der Waals surface area contributed by atoms with Crippen LogP contribution in [0.15, 0.2) is 48.5 Å². The summed E-state index contributed by atoms with van der Waals surface area (Å²) >= 11 is 1.72. The molecule has 1 saturated heterocycles. The van der Waals surface area contributed by atoms with Crippen LogP contribution in [0.3, 0.4) is 0 Å². The lowest BCUT2D eigenvalue weighted by molar-refractivity contribution is -0.121. The molecule has 2 aromatic carbocycles. The summed E-state index contributed by atoms with van der Waals surface area (Å²) in [5.41, 5.74) is 4.48. The number of imidazole rings is 1. The van der Waals surface area contributed by atoms with Crippen molar-refractivity contribution in [1.82, 2.24) is 19.8 Å². The van der Waals surface area contributed by atoms with Crippen LogP contribution in [0.1, 0.15) is 36.7 Å². The molecule has 31 heavy (non-hydrogen) atoms. The lowest BCUT2D eigenvalue weighted by Crippen LogP contribution is -2.34. The molecule has 3 aromatic rings. The fourth-order valence-electron chi connectivity index (χ4n) is 4.49. The maximum Gasteiger partial charge on any atom is 0.240 e. The summed E-state index contributed by atoms with van der Waals surface area (Å²) in [7, 11) is 0. The number of hydrogen-bond donors (Lipinski definition) is 1. The highest BCUT2D eigenvalue weighted by Gasteiger charge is 2.18. The smallest absolute Gasteiger partial charge is 0.240 e. The Morgan fingerprint density at radius 3 is 2.74 bits per heavy atom. The Labute approximate surface area is 189 Å². The van der Waals surface area contributed by atoms with Gasteiger partial charge in [0.25, 0.3) is 0 Å². The van der Waals surface area contributed by atoms with Gasteiger partial charge in [-0.25, -0.2) is 4.98 Å². The number of carbonyl (C=O) groups is 1. The maximum absolute atomic E-state index is 12.9. The lowest BCUT2D eigenvalue weighted by Gasteiger charge is -2.31. The molecule has 1 aliphatic heterocycles. The minimum absolute atomic E-state index is 0.0203. The van der Waals surface area contributed by atoms with Crippen LogP contribution in [-0.4, -0.2) is 39.7 Å². The number of para-hydroxylation sites is 2. The van der Waals surface area contributed by atoms with Gasteiger partial charge < -0.3 is 9.88 Å². The number of aromatic nitrogens is 2. The number of carbonyl (C=O) groups excluding carboxylic acids is 1. The van der Waals surface area contributed by atoms with Crippen molar-refractivity contribution in [2.24, 2.45) is 5.92 Å². The SMILES string of the molecule is CSCc1nc2ccccc2n1CC(=O)NCc1ccccc1CN1CCCC(C)C1. The summed E-state index contributed by atoms with van der Waals surface area (Å²) in [5.74, 6) is 2.52. The number of thioether (sulfide) groups is 1. The molecule has 2 heterocycles. The van der Waals surface area contributed by atoms with Crippen molar-refractivity contribution in [2.45, 2.75) is 45.2 Å². The van der Waals surface area contributed by atoms with Crippen molar-refractivity contribution in [3.8, 4) is 0 Å². The highest BCUT2D eigenvalue weighted by Crippen LogP contribution is 2.20. The molecule has 6 heteroatoms. The van der Waals surface area contributed by atoms with E-state index < -0.39 is 0 Å². The third kappa shape index (κ3) is 5.49. The molecular formula is C25H32N4OS. The molecule has 5 nitrogen and oxygen atoms in total. The largest absolute Gasteiger partial charge is 0.350 e. The van der Waals surface area contributed by atoms with Crippen LogP contribution >= 0.6 is 11.8 Å². The van der Waals surface area contributed by atoms with E-state index in [0.29, 0.717) is 13.1 Å². The molecule has 0 radical (unpaired) electrons. The summed E-state index contributed by atoms with van der Waals surface area (Å²) in [6, 6.07) is 16.5. The molecule has 0 saturated carbocycles. The van der Waals surface area contributed by atoms with Gasteiger partial charge in [0.05, 0.1) is 16.8 Å². The summed E-state index contributed by atoms with van der Waals surface area (Å²) in [5, 5.41) is 3.14. The monoisotopic (exact) mass is 436 g/mol. The third-order valence-corrected chi connectivity index (χ3v) is 6.59. The molecule has 1 atom stereocenters. The Hall–Kier alpha value is -2.31. The van der Waals surface area contributed by atoms with Gasteiger partial charge in [0.1, 0.15) is 12.4 Å². The Bertz CT molecular complexity index is 1030. The average molecular weight is 437 g/mol. The van der Waals surface area contributed by atoms with Crippen LogP contribution in [-0.2, 0) is 30.2 Å². The molecule has 1 N–H and O–H groups in total. The van der Waals surface area contributed by atoms with Crippen LogP contribution in [0.2, 0.25) is 0 Å². The predicted molar refractivity (Wildman–Crippen MR) is 129 cm³/mol. The van der Waals surface area contributed by atoms with Crippen LogP contribution in [0.4, 0.5) is 0 Å². The minimum atomic E-state index is 0.0203. The van der Waals surface area contributed by atoms with Crippen molar-refractivity contribution in [3.63, 3.8) is 0 Å². The van der Waals surface area contributed by atoms with E-state index in [1.165, 1.54) is 24.0 Å². The van der Waals surface area contributed by atoms with Crippen LogP contribution < -0.4 is 5.32 Å². The number of fused-ring (bicyclic) bond motifs is 1. The van der Waals surface area contributed by atoms with Crippen molar-refractivity contribution < 1.29 is 4.79 Å². The first-order chi connectivity index (χ1) is 15.1. The van der Waals surface area contributed by atoms with Gasteiger partial charge in [-0.15, -0.1) is 0 Å². The van der Waals surface area contributed by atoms with Gasteiger partial charge >= 0.3 is 0 Å². The molecule has 1 amide bonds. The number of rotatable bonds is 8. The van der Waals surface area contributed by atoms with E-state index in [0.717, 1.165) is 48.2 Å². The zero-order valence-electron chi connectivity index (χ0n) is 18.5. The number of nitrogens with zero attached hydrogens (tertiary/aromatic N) is 3. The molecule has 4 rings (SSSR count). The molecule has 1 aliphatic rings. The second-order valence-electron chi connectivity index (χ2n) is 8.56. The first-order valence-corrected chi connectivity index (χ1v) is 12.5. The normalized spacial score (nSPS) is 17.2. The summed E-state index contributed by atoms with van der Waals surface area (Å²) in [4.78, 5) is 20.1. The van der Waals surface area contributed by atoms with E-state index in [1.807, 2.05) is 28.8 Å². The lowest BCUT2D eigenvalue weighted by atomic mass is 9.99. The Morgan fingerprint density at radius 1 is 1.16 bits per heavy atom. The van der Waals surface area contributed by atoms with Crippen molar-refractivity contribution in [2.75, 3.05) is 19.3 Å². The second-order valence-corrected chi connectivity index (χ2v) is 9.43. The van der Waals surface area contributed by atoms with E-state index in [2.05, 4.69) is 47.7 Å².